The van der Waals surface area contributed by atoms with E-state index in [1.807, 2.05) is 0 Å². The molecule has 0 aromatic carbocycles. The second-order valence-corrected chi connectivity index (χ2v) is 12.6. The maximum Gasteiger partial charge on any atom is 0.472 e. The van der Waals surface area contributed by atoms with Crippen molar-refractivity contribution in [2.24, 2.45) is 0 Å². The van der Waals surface area contributed by atoms with Crippen LogP contribution < -0.4 is 0 Å². The summed E-state index contributed by atoms with van der Waals surface area (Å²) in [5, 5.41) is 18.9. The maximum atomic E-state index is 12.2. The van der Waals surface area contributed by atoms with Crippen LogP contribution in [-0.2, 0) is 32.7 Å². The van der Waals surface area contributed by atoms with Crippen molar-refractivity contribution in [1.82, 2.24) is 0 Å². The number of carbonyl (C=O) groups excluding carboxylic acids is 2. The zero-order chi connectivity index (χ0) is 32.0. The van der Waals surface area contributed by atoms with Gasteiger partial charge in [-0.1, -0.05) is 103 Å². The number of unbranched alkanes of at least 4 members (excludes halogenated alkanes) is 15. The van der Waals surface area contributed by atoms with Gasteiger partial charge >= 0.3 is 19.8 Å². The van der Waals surface area contributed by atoms with Gasteiger partial charge in [0.1, 0.15) is 12.2 Å². The summed E-state index contributed by atoms with van der Waals surface area (Å²) in [7, 11) is -4.61. The first-order chi connectivity index (χ1) is 20.8. The predicted octanol–water partition coefficient (Wildman–Crippen LogP) is 7.33. The molecule has 0 aromatic heterocycles. The van der Waals surface area contributed by atoms with Crippen LogP contribution in [0.5, 0.6) is 0 Å². The summed E-state index contributed by atoms with van der Waals surface area (Å²) in [6, 6.07) is 0. The summed E-state index contributed by atoms with van der Waals surface area (Å²) < 4.78 is 32.1. The van der Waals surface area contributed by atoms with Gasteiger partial charge in [-0.15, -0.1) is 0 Å². The molecule has 3 N–H and O–H groups in total. The summed E-state index contributed by atoms with van der Waals surface area (Å²) >= 11 is 0. The Morgan fingerprint density at radius 3 is 1.33 bits per heavy atom. The average Bonchev–Trinajstić information content (AvgIpc) is 2.99. The Bertz CT molecular complexity index is 746. The number of esters is 2. The topological polar surface area (TPSA) is 149 Å². The minimum atomic E-state index is -4.61. The zero-order valence-corrected chi connectivity index (χ0v) is 27.8. The molecule has 0 heterocycles. The molecule has 0 aromatic rings. The van der Waals surface area contributed by atoms with E-state index in [-0.39, 0.29) is 12.8 Å². The molecule has 0 radical (unpaired) electrons. The molecule has 3 atom stereocenters. The lowest BCUT2D eigenvalue weighted by Gasteiger charge is -2.20. The minimum Gasteiger partial charge on any atom is -0.457 e. The van der Waals surface area contributed by atoms with Gasteiger partial charge < -0.3 is 24.6 Å². The van der Waals surface area contributed by atoms with Crippen LogP contribution in [0, 0.1) is 0 Å². The van der Waals surface area contributed by atoms with Crippen molar-refractivity contribution in [2.75, 3.05) is 26.4 Å². The van der Waals surface area contributed by atoms with Gasteiger partial charge in [0.2, 0.25) is 0 Å². The van der Waals surface area contributed by atoms with Gasteiger partial charge in [-0.2, -0.15) is 0 Å². The van der Waals surface area contributed by atoms with Crippen molar-refractivity contribution in [3.63, 3.8) is 0 Å². The Kier molecular flexibility index (Phi) is 28.5. The Labute approximate surface area is 260 Å². The van der Waals surface area contributed by atoms with Crippen molar-refractivity contribution < 1.29 is 47.8 Å². The molecule has 0 saturated heterocycles. The molecule has 0 spiro atoms. The highest BCUT2D eigenvalue weighted by Gasteiger charge is 2.27. The number of rotatable bonds is 31. The number of hydrogen-bond donors (Lipinski definition) is 3. The molecule has 0 amide bonds. The van der Waals surface area contributed by atoms with Crippen molar-refractivity contribution >= 4 is 19.8 Å². The molecule has 10 nitrogen and oxygen atoms in total. The molecule has 11 heteroatoms. The van der Waals surface area contributed by atoms with Crippen LogP contribution in [0.15, 0.2) is 12.2 Å². The fraction of sp³-hybridized carbons (Fsp3) is 0.875. The van der Waals surface area contributed by atoms with E-state index in [0.717, 1.165) is 64.2 Å². The highest BCUT2D eigenvalue weighted by molar-refractivity contribution is 7.47. The van der Waals surface area contributed by atoms with Crippen molar-refractivity contribution in [3.05, 3.63) is 12.2 Å². The van der Waals surface area contributed by atoms with E-state index in [4.69, 9.17) is 18.5 Å². The number of carbonyl (C=O) groups is 2. The van der Waals surface area contributed by atoms with Gasteiger partial charge in [-0.05, 0) is 38.5 Å². The third-order valence-electron chi connectivity index (χ3n) is 6.98. The number of aliphatic hydroxyl groups is 2. The molecule has 43 heavy (non-hydrogen) atoms. The molecule has 0 saturated carbocycles. The first-order valence-electron chi connectivity index (χ1n) is 16.6. The highest BCUT2D eigenvalue weighted by atomic mass is 31.2. The lowest BCUT2D eigenvalue weighted by molar-refractivity contribution is -0.153. The first kappa shape index (κ1) is 41.7. The molecular weight excluding hydrogens is 575 g/mol. The first-order valence-corrected chi connectivity index (χ1v) is 18.1. The lowest BCUT2D eigenvalue weighted by Crippen LogP contribution is -2.28. The predicted molar refractivity (Wildman–Crippen MR) is 168 cm³/mol. The number of allylic oxidation sites excluding steroid dienone is 2. The lowest BCUT2D eigenvalue weighted by atomic mass is 10.1. The van der Waals surface area contributed by atoms with Crippen LogP contribution in [0.3, 0.4) is 0 Å². The van der Waals surface area contributed by atoms with Crippen molar-refractivity contribution in [3.8, 4) is 0 Å². The van der Waals surface area contributed by atoms with Gasteiger partial charge in [0.05, 0.1) is 26.4 Å². The molecule has 0 aliphatic carbocycles. The van der Waals surface area contributed by atoms with Crippen LogP contribution in [-0.4, -0.2) is 65.7 Å². The average molecular weight is 637 g/mol. The zero-order valence-electron chi connectivity index (χ0n) is 26.9. The molecule has 0 rings (SSSR count). The molecule has 254 valence electrons. The van der Waals surface area contributed by atoms with Crippen LogP contribution in [0.2, 0.25) is 0 Å². The standard InChI is InChI=1S/C32H61O10P/c1-3-5-7-9-10-11-12-13-14-15-16-17-18-20-22-24-32(36)42-30(26-34)28-40-43(37,38)39-27-29(25-33)41-31(35)23-21-19-8-6-4-2/h13-14,29-30,33-34H,3-12,15-28H2,1-2H3,(H,37,38)/b14-13-. The number of phosphoric acid groups is 1. The fourth-order valence-corrected chi connectivity index (χ4v) is 5.13. The number of aliphatic hydroxyl groups excluding tert-OH is 2. The van der Waals surface area contributed by atoms with E-state index in [1.165, 1.54) is 38.5 Å². The Hall–Kier alpha value is -1.29. The number of ether oxygens (including phenoxy) is 2. The molecule has 0 fully saturated rings. The highest BCUT2D eigenvalue weighted by Crippen LogP contribution is 2.43. The number of phosphoric ester groups is 1. The van der Waals surface area contributed by atoms with Gasteiger partial charge in [0.25, 0.3) is 0 Å². The summed E-state index contributed by atoms with van der Waals surface area (Å²) in [6.07, 6.45) is 22.5. The van der Waals surface area contributed by atoms with E-state index in [1.54, 1.807) is 0 Å². The quantitative estimate of drug-likeness (QED) is 0.0306. The third kappa shape index (κ3) is 28.0. The van der Waals surface area contributed by atoms with E-state index in [2.05, 4.69) is 26.0 Å². The fourth-order valence-electron chi connectivity index (χ4n) is 4.34. The van der Waals surface area contributed by atoms with E-state index >= 15 is 0 Å². The second kappa shape index (κ2) is 29.4. The van der Waals surface area contributed by atoms with Gasteiger partial charge in [0, 0.05) is 12.8 Å². The Morgan fingerprint density at radius 1 is 0.605 bits per heavy atom. The second-order valence-electron chi connectivity index (χ2n) is 11.1. The molecule has 0 aliphatic heterocycles. The Balaban J connectivity index is 3.99. The minimum absolute atomic E-state index is 0.185. The Morgan fingerprint density at radius 2 is 0.953 bits per heavy atom. The van der Waals surface area contributed by atoms with Gasteiger partial charge in [-0.25, -0.2) is 4.57 Å². The molecule has 3 unspecified atom stereocenters. The van der Waals surface area contributed by atoms with Crippen LogP contribution >= 0.6 is 7.82 Å². The normalized spacial score (nSPS) is 14.4. The van der Waals surface area contributed by atoms with Crippen LogP contribution in [0.25, 0.3) is 0 Å². The largest absolute Gasteiger partial charge is 0.472 e. The van der Waals surface area contributed by atoms with Crippen LogP contribution in [0.1, 0.15) is 142 Å². The SMILES string of the molecule is CCCCCCCC/C=C\CCCCCCCC(=O)OC(CO)COP(=O)(O)OCC(CO)OC(=O)CCCCCCC. The van der Waals surface area contributed by atoms with Crippen molar-refractivity contribution in [2.45, 2.75) is 154 Å². The summed E-state index contributed by atoms with van der Waals surface area (Å²) in [5.41, 5.74) is 0. The molecule has 0 aliphatic rings. The summed E-state index contributed by atoms with van der Waals surface area (Å²) in [5.74, 6) is -1.04. The monoisotopic (exact) mass is 636 g/mol. The third-order valence-corrected chi connectivity index (χ3v) is 7.93. The molecular formula is C32H61O10P. The van der Waals surface area contributed by atoms with Gasteiger partial charge in [-0.3, -0.25) is 18.6 Å². The van der Waals surface area contributed by atoms with Gasteiger partial charge in [0.15, 0.2) is 0 Å². The van der Waals surface area contributed by atoms with E-state index in [0.29, 0.717) is 12.8 Å². The summed E-state index contributed by atoms with van der Waals surface area (Å²) in [4.78, 5) is 33.9. The maximum absolute atomic E-state index is 12.2. The van der Waals surface area contributed by atoms with Crippen molar-refractivity contribution in [1.29, 1.82) is 0 Å². The number of hydrogen-bond acceptors (Lipinski definition) is 9. The summed E-state index contributed by atoms with van der Waals surface area (Å²) in [6.45, 7) is 2.05. The smallest absolute Gasteiger partial charge is 0.457 e. The van der Waals surface area contributed by atoms with Crippen LogP contribution in [0.4, 0.5) is 0 Å². The molecule has 0 bridgehead atoms. The van der Waals surface area contributed by atoms with E-state index in [9.17, 15) is 29.3 Å². The van der Waals surface area contributed by atoms with E-state index < -0.39 is 58.4 Å².